The van der Waals surface area contributed by atoms with E-state index in [1.54, 1.807) is 24.3 Å². The minimum Gasteiger partial charge on any atom is -0.399 e. The van der Waals surface area contributed by atoms with E-state index in [1.807, 2.05) is 6.92 Å². The minimum atomic E-state index is -4.47. The lowest BCUT2D eigenvalue weighted by molar-refractivity contribution is -0.140. The van der Waals surface area contributed by atoms with E-state index in [0.717, 1.165) is 11.6 Å². The van der Waals surface area contributed by atoms with Crippen LogP contribution in [0.5, 0.6) is 0 Å². The molecule has 2 aromatic carbocycles. The fourth-order valence-corrected chi connectivity index (χ4v) is 3.26. The van der Waals surface area contributed by atoms with Gasteiger partial charge in [-0.3, -0.25) is 0 Å². The van der Waals surface area contributed by atoms with E-state index in [2.05, 4.69) is 11.6 Å². The zero-order valence-corrected chi connectivity index (χ0v) is 18.2. The molecule has 1 aliphatic carbocycles. The Morgan fingerprint density at radius 3 is 2.00 bits per heavy atom. The Hall–Kier alpha value is -3.09. The topological polar surface area (TPSA) is 64.9 Å². The number of rotatable bonds is 1. The molecule has 0 unspecified atom stereocenters. The first-order valence-electron chi connectivity index (χ1n) is 10.5. The standard InChI is InChI=1S/C11H9F3N2.C8H8FN.C6H12/c1-6-2-3-9-7(4-6)8(15)5-10(16-9)11(12,13)14;1-6(10)7-3-2-4-8(9)5-7;1-2-4-6-5-3-1/h2-5H,1H3,(H2,15,16);2-5H,1,10H2;1-6H2. The lowest BCUT2D eigenvalue weighted by atomic mass is 10.0. The Morgan fingerprint density at radius 1 is 0.938 bits per heavy atom. The van der Waals surface area contributed by atoms with Crippen LogP contribution in [0.3, 0.4) is 0 Å². The SMILES string of the molecule is C1CCCCC1.C=C(N)c1cccc(F)c1.Cc1ccc2nc(C(F)(F)F)cc(N)c2c1. The summed E-state index contributed by atoms with van der Waals surface area (Å²) in [5.41, 5.74) is 12.3. The molecule has 1 fully saturated rings. The van der Waals surface area contributed by atoms with Gasteiger partial charge in [0.1, 0.15) is 11.5 Å². The van der Waals surface area contributed by atoms with Crippen molar-refractivity contribution in [1.82, 2.24) is 4.98 Å². The average Bonchev–Trinajstić information content (AvgIpc) is 2.75. The molecule has 0 spiro atoms. The Balaban J connectivity index is 0.000000192. The minimum absolute atomic E-state index is 0.0982. The van der Waals surface area contributed by atoms with Crippen molar-refractivity contribution in [3.05, 3.63) is 77.7 Å². The molecule has 0 amide bonds. The predicted molar refractivity (Wildman–Crippen MR) is 123 cm³/mol. The maximum Gasteiger partial charge on any atom is 0.433 e. The number of nitrogens with two attached hydrogens (primary N) is 2. The average molecular weight is 448 g/mol. The first-order chi connectivity index (χ1) is 15.1. The van der Waals surface area contributed by atoms with Crippen LogP contribution < -0.4 is 11.5 Å². The second kappa shape index (κ2) is 11.5. The summed E-state index contributed by atoms with van der Waals surface area (Å²) >= 11 is 0. The van der Waals surface area contributed by atoms with Crippen molar-refractivity contribution in [2.24, 2.45) is 5.73 Å². The molecule has 4 rings (SSSR count). The van der Waals surface area contributed by atoms with Gasteiger partial charge >= 0.3 is 6.18 Å². The van der Waals surface area contributed by atoms with E-state index in [4.69, 9.17) is 11.5 Å². The summed E-state index contributed by atoms with van der Waals surface area (Å²) in [6.07, 6.45) is 4.53. The lowest BCUT2D eigenvalue weighted by Crippen LogP contribution is -2.09. The van der Waals surface area contributed by atoms with E-state index in [1.165, 1.54) is 56.7 Å². The molecule has 1 heterocycles. The number of hydrogen-bond donors (Lipinski definition) is 2. The van der Waals surface area contributed by atoms with Gasteiger partial charge in [0, 0.05) is 16.8 Å². The van der Waals surface area contributed by atoms with Crippen molar-refractivity contribution >= 4 is 22.3 Å². The Morgan fingerprint density at radius 2 is 1.53 bits per heavy atom. The van der Waals surface area contributed by atoms with Gasteiger partial charge in [0.05, 0.1) is 5.52 Å². The van der Waals surface area contributed by atoms with Crippen LogP contribution in [0.25, 0.3) is 16.6 Å². The number of aryl methyl sites for hydroxylation is 1. The highest BCUT2D eigenvalue weighted by Gasteiger charge is 2.33. The van der Waals surface area contributed by atoms with Crippen molar-refractivity contribution in [2.45, 2.75) is 51.6 Å². The zero-order valence-electron chi connectivity index (χ0n) is 18.2. The number of halogens is 4. The summed E-state index contributed by atoms with van der Waals surface area (Å²) in [6.45, 7) is 5.32. The van der Waals surface area contributed by atoms with Crippen molar-refractivity contribution in [3.8, 4) is 0 Å². The molecule has 0 aliphatic heterocycles. The van der Waals surface area contributed by atoms with Crippen molar-refractivity contribution < 1.29 is 17.6 Å². The molecule has 0 atom stereocenters. The Bertz CT molecular complexity index is 1030. The summed E-state index contributed by atoms with van der Waals surface area (Å²) in [6, 6.07) is 11.9. The molecule has 32 heavy (non-hydrogen) atoms. The third-order valence-electron chi connectivity index (χ3n) is 4.98. The normalized spacial score (nSPS) is 13.4. The first kappa shape index (κ1) is 25.2. The maximum atomic E-state index is 12.5. The van der Waals surface area contributed by atoms with Crippen LogP contribution in [0.2, 0.25) is 0 Å². The number of benzene rings is 2. The predicted octanol–water partition coefficient (Wildman–Crippen LogP) is 7.24. The highest BCUT2D eigenvalue weighted by atomic mass is 19.4. The highest BCUT2D eigenvalue weighted by molar-refractivity contribution is 5.90. The smallest absolute Gasteiger partial charge is 0.399 e. The van der Waals surface area contributed by atoms with Gasteiger partial charge in [-0.15, -0.1) is 0 Å². The molecule has 4 N–H and O–H groups in total. The van der Waals surface area contributed by atoms with Gasteiger partial charge in [-0.1, -0.05) is 68.9 Å². The number of nitrogen functional groups attached to an aromatic ring is 1. The monoisotopic (exact) mass is 447 g/mol. The van der Waals surface area contributed by atoms with Gasteiger partial charge in [0.15, 0.2) is 0 Å². The maximum absolute atomic E-state index is 12.5. The Labute approximate surface area is 186 Å². The van der Waals surface area contributed by atoms with Gasteiger partial charge in [-0.2, -0.15) is 13.2 Å². The zero-order chi connectivity index (χ0) is 23.7. The molecular weight excluding hydrogens is 418 g/mol. The molecule has 1 saturated carbocycles. The number of alkyl halides is 3. The van der Waals surface area contributed by atoms with E-state index in [9.17, 15) is 17.6 Å². The van der Waals surface area contributed by atoms with Crippen molar-refractivity contribution in [3.63, 3.8) is 0 Å². The Kier molecular flexibility index (Phi) is 9.05. The number of pyridine rings is 1. The molecule has 0 radical (unpaired) electrons. The van der Waals surface area contributed by atoms with E-state index >= 15 is 0 Å². The number of anilines is 1. The summed E-state index contributed by atoms with van der Waals surface area (Å²) < 4.78 is 49.8. The molecular formula is C25H29F4N3. The quantitative estimate of drug-likeness (QED) is 0.387. The summed E-state index contributed by atoms with van der Waals surface area (Å²) in [5, 5.41) is 0.549. The molecule has 3 aromatic rings. The van der Waals surface area contributed by atoms with E-state index < -0.39 is 11.9 Å². The second-order valence-electron chi connectivity index (χ2n) is 7.77. The summed E-state index contributed by atoms with van der Waals surface area (Å²) in [7, 11) is 0. The van der Waals surface area contributed by atoms with Gasteiger partial charge in [-0.25, -0.2) is 9.37 Å². The molecule has 3 nitrogen and oxygen atoms in total. The fourth-order valence-electron chi connectivity index (χ4n) is 3.26. The number of aromatic nitrogens is 1. The molecule has 1 aliphatic rings. The van der Waals surface area contributed by atoms with Crippen LogP contribution in [0.4, 0.5) is 23.2 Å². The number of nitrogens with zero attached hydrogens (tertiary/aromatic N) is 1. The first-order valence-corrected chi connectivity index (χ1v) is 10.5. The van der Waals surface area contributed by atoms with Crippen LogP contribution in [-0.4, -0.2) is 4.98 Å². The van der Waals surface area contributed by atoms with Crippen LogP contribution in [0.15, 0.2) is 55.1 Å². The third kappa shape index (κ3) is 7.87. The van der Waals surface area contributed by atoms with Crippen LogP contribution in [0, 0.1) is 12.7 Å². The summed E-state index contributed by atoms with van der Waals surface area (Å²) in [5.74, 6) is -0.288. The van der Waals surface area contributed by atoms with Gasteiger partial charge < -0.3 is 11.5 Å². The van der Waals surface area contributed by atoms with Gasteiger partial charge in [0.25, 0.3) is 0 Å². The van der Waals surface area contributed by atoms with Crippen LogP contribution in [0.1, 0.15) is 55.3 Å². The van der Waals surface area contributed by atoms with Crippen LogP contribution in [-0.2, 0) is 6.18 Å². The largest absolute Gasteiger partial charge is 0.433 e. The molecule has 172 valence electrons. The second-order valence-corrected chi connectivity index (χ2v) is 7.77. The lowest BCUT2D eigenvalue weighted by Gasteiger charge is -2.09. The number of hydrogen-bond acceptors (Lipinski definition) is 3. The van der Waals surface area contributed by atoms with Crippen molar-refractivity contribution in [1.29, 1.82) is 0 Å². The third-order valence-corrected chi connectivity index (χ3v) is 4.98. The van der Waals surface area contributed by atoms with Gasteiger partial charge in [0.2, 0.25) is 0 Å². The highest BCUT2D eigenvalue weighted by Crippen LogP contribution is 2.32. The molecule has 0 bridgehead atoms. The fraction of sp³-hybridized carbons (Fsp3) is 0.320. The van der Waals surface area contributed by atoms with Gasteiger partial charge in [-0.05, 0) is 42.8 Å². The van der Waals surface area contributed by atoms with Crippen LogP contribution >= 0.6 is 0 Å². The number of fused-ring (bicyclic) bond motifs is 1. The van der Waals surface area contributed by atoms with Crippen molar-refractivity contribution in [2.75, 3.05) is 5.73 Å². The molecule has 7 heteroatoms. The van der Waals surface area contributed by atoms with E-state index in [0.29, 0.717) is 16.6 Å². The molecule has 1 aromatic heterocycles. The molecule has 0 saturated heterocycles. The summed E-state index contributed by atoms with van der Waals surface area (Å²) in [4.78, 5) is 3.54. The van der Waals surface area contributed by atoms with E-state index in [-0.39, 0.29) is 17.0 Å².